The number of allylic oxidation sites excluding steroid dienone is 1. The Hall–Kier alpha value is -2.89. The summed E-state index contributed by atoms with van der Waals surface area (Å²) in [5, 5.41) is 13.1. The molecule has 1 aromatic carbocycles. The first-order valence-electron chi connectivity index (χ1n) is 7.71. The summed E-state index contributed by atoms with van der Waals surface area (Å²) in [5.41, 5.74) is 3.14. The Kier molecular flexibility index (Phi) is 4.20. The van der Waals surface area contributed by atoms with E-state index in [9.17, 15) is 9.59 Å². The maximum Gasteiger partial charge on any atom is 0.344 e. The SMILES string of the molecule is C[C@@H](Oc1cccc(/C=C2\CCc3c(cnn3C)C2=O)c1)C(=O)O. The van der Waals surface area contributed by atoms with Crippen LogP contribution in [0.15, 0.2) is 36.0 Å². The normalized spacial score (nSPS) is 16.8. The van der Waals surface area contributed by atoms with Gasteiger partial charge in [-0.25, -0.2) is 4.79 Å². The topological polar surface area (TPSA) is 81.4 Å². The first-order valence-corrected chi connectivity index (χ1v) is 7.71. The van der Waals surface area contributed by atoms with E-state index in [-0.39, 0.29) is 5.78 Å². The second-order valence-electron chi connectivity index (χ2n) is 5.80. The molecule has 1 N–H and O–H groups in total. The van der Waals surface area contributed by atoms with E-state index in [1.807, 2.05) is 19.2 Å². The summed E-state index contributed by atoms with van der Waals surface area (Å²) in [6, 6.07) is 7.07. The fourth-order valence-corrected chi connectivity index (χ4v) is 2.76. The van der Waals surface area contributed by atoms with Crippen molar-refractivity contribution < 1.29 is 19.4 Å². The molecule has 0 aliphatic heterocycles. The van der Waals surface area contributed by atoms with Gasteiger partial charge in [0.2, 0.25) is 0 Å². The Labute approximate surface area is 139 Å². The number of carbonyl (C=O) groups excluding carboxylic acids is 1. The number of ether oxygens (including phenoxy) is 1. The van der Waals surface area contributed by atoms with Gasteiger partial charge < -0.3 is 9.84 Å². The fourth-order valence-electron chi connectivity index (χ4n) is 2.76. The van der Waals surface area contributed by atoms with E-state index >= 15 is 0 Å². The molecule has 0 spiro atoms. The number of ketones is 1. The van der Waals surface area contributed by atoms with Crippen molar-refractivity contribution in [1.82, 2.24) is 9.78 Å². The third-order valence-corrected chi connectivity index (χ3v) is 4.09. The molecule has 2 aromatic rings. The zero-order valence-corrected chi connectivity index (χ0v) is 13.5. The van der Waals surface area contributed by atoms with Gasteiger partial charge in [-0.2, -0.15) is 5.10 Å². The van der Waals surface area contributed by atoms with Crippen LogP contribution in [0.5, 0.6) is 5.75 Å². The van der Waals surface area contributed by atoms with E-state index in [0.29, 0.717) is 17.7 Å². The van der Waals surface area contributed by atoms with Crippen LogP contribution in [0.4, 0.5) is 0 Å². The quantitative estimate of drug-likeness (QED) is 0.873. The number of aromatic nitrogens is 2. The Morgan fingerprint density at radius 1 is 1.42 bits per heavy atom. The molecule has 1 atom stereocenters. The number of rotatable bonds is 4. The zero-order chi connectivity index (χ0) is 17.3. The summed E-state index contributed by atoms with van der Waals surface area (Å²) < 4.78 is 7.11. The second kappa shape index (κ2) is 6.31. The predicted octanol–water partition coefficient (Wildman–Crippen LogP) is 2.48. The number of hydrogen-bond donors (Lipinski definition) is 1. The van der Waals surface area contributed by atoms with Gasteiger partial charge in [0.25, 0.3) is 0 Å². The molecule has 0 unspecified atom stereocenters. The molecule has 1 aliphatic carbocycles. The van der Waals surface area contributed by atoms with Crippen LogP contribution < -0.4 is 4.74 Å². The highest BCUT2D eigenvalue weighted by atomic mass is 16.5. The number of hydrogen-bond acceptors (Lipinski definition) is 4. The third kappa shape index (κ3) is 3.08. The summed E-state index contributed by atoms with van der Waals surface area (Å²) in [5.74, 6) is -0.565. The molecular weight excluding hydrogens is 308 g/mol. The number of carboxylic acids is 1. The highest BCUT2D eigenvalue weighted by Gasteiger charge is 2.24. The average molecular weight is 326 g/mol. The molecule has 3 rings (SSSR count). The Morgan fingerprint density at radius 2 is 2.21 bits per heavy atom. The number of benzene rings is 1. The van der Waals surface area contributed by atoms with E-state index in [0.717, 1.165) is 23.3 Å². The van der Waals surface area contributed by atoms with Gasteiger partial charge in [-0.15, -0.1) is 0 Å². The average Bonchev–Trinajstić information content (AvgIpc) is 2.92. The number of fused-ring (bicyclic) bond motifs is 1. The first-order chi connectivity index (χ1) is 11.5. The van der Waals surface area contributed by atoms with Crippen LogP contribution in [0, 0.1) is 0 Å². The van der Waals surface area contributed by atoms with Crippen molar-refractivity contribution in [2.24, 2.45) is 7.05 Å². The summed E-state index contributed by atoms with van der Waals surface area (Å²) in [4.78, 5) is 23.4. The van der Waals surface area contributed by atoms with Crippen LogP contribution in [0.3, 0.4) is 0 Å². The zero-order valence-electron chi connectivity index (χ0n) is 13.5. The van der Waals surface area contributed by atoms with Crippen molar-refractivity contribution in [2.75, 3.05) is 0 Å². The van der Waals surface area contributed by atoms with E-state index in [1.165, 1.54) is 6.92 Å². The molecule has 6 heteroatoms. The molecule has 1 heterocycles. The highest BCUT2D eigenvalue weighted by molar-refractivity contribution is 6.12. The number of nitrogens with zero attached hydrogens (tertiary/aromatic N) is 2. The predicted molar refractivity (Wildman–Crippen MR) is 88.0 cm³/mol. The molecule has 6 nitrogen and oxygen atoms in total. The molecule has 1 aromatic heterocycles. The van der Waals surface area contributed by atoms with Crippen molar-refractivity contribution in [1.29, 1.82) is 0 Å². The van der Waals surface area contributed by atoms with E-state index < -0.39 is 12.1 Å². The maximum atomic E-state index is 12.6. The lowest BCUT2D eigenvalue weighted by Crippen LogP contribution is -2.22. The molecular formula is C18H18N2O4. The lowest BCUT2D eigenvalue weighted by Gasteiger charge is -2.15. The minimum absolute atomic E-state index is 0.00502. The van der Waals surface area contributed by atoms with Crippen LogP contribution >= 0.6 is 0 Å². The molecule has 124 valence electrons. The Balaban J connectivity index is 1.84. The van der Waals surface area contributed by atoms with Crippen molar-refractivity contribution in [3.05, 3.63) is 52.9 Å². The molecule has 0 radical (unpaired) electrons. The van der Waals surface area contributed by atoms with Gasteiger partial charge in [0.15, 0.2) is 11.9 Å². The smallest absolute Gasteiger partial charge is 0.344 e. The largest absolute Gasteiger partial charge is 0.479 e. The highest BCUT2D eigenvalue weighted by Crippen LogP contribution is 2.27. The monoisotopic (exact) mass is 326 g/mol. The minimum Gasteiger partial charge on any atom is -0.479 e. The number of Topliss-reactive ketones (excluding diaryl/α,β-unsaturated/α-hetero) is 1. The van der Waals surface area contributed by atoms with Crippen LogP contribution in [0.1, 0.15) is 35.0 Å². The molecule has 0 fully saturated rings. The number of aryl methyl sites for hydroxylation is 1. The second-order valence-corrected chi connectivity index (χ2v) is 5.80. The van der Waals surface area contributed by atoms with Gasteiger partial charge in [-0.3, -0.25) is 9.48 Å². The van der Waals surface area contributed by atoms with Gasteiger partial charge in [0.1, 0.15) is 5.75 Å². The fraction of sp³-hybridized carbons (Fsp3) is 0.278. The van der Waals surface area contributed by atoms with E-state index in [1.54, 1.807) is 29.1 Å². The van der Waals surface area contributed by atoms with Gasteiger partial charge in [0, 0.05) is 18.3 Å². The van der Waals surface area contributed by atoms with Crippen LogP contribution in [0.25, 0.3) is 6.08 Å². The van der Waals surface area contributed by atoms with Crippen LogP contribution in [-0.2, 0) is 18.3 Å². The van der Waals surface area contributed by atoms with Gasteiger partial charge in [-0.1, -0.05) is 12.1 Å². The molecule has 0 amide bonds. The standard InChI is InChI=1S/C18H18N2O4/c1-11(18(22)23)24-14-5-3-4-12(9-14)8-13-6-7-16-15(17(13)21)10-19-20(16)2/h3-5,8-11H,6-7H2,1-2H3,(H,22,23)/b13-8+/t11-/m1/s1. The van der Waals surface area contributed by atoms with Gasteiger partial charge >= 0.3 is 5.97 Å². The summed E-state index contributed by atoms with van der Waals surface area (Å²) in [6.07, 6.45) is 3.94. The van der Waals surface area contributed by atoms with Crippen molar-refractivity contribution >= 4 is 17.8 Å². The summed E-state index contributed by atoms with van der Waals surface area (Å²) in [6.45, 7) is 1.47. The number of carbonyl (C=O) groups is 2. The molecule has 24 heavy (non-hydrogen) atoms. The van der Waals surface area contributed by atoms with E-state index in [2.05, 4.69) is 5.10 Å². The van der Waals surface area contributed by atoms with Crippen molar-refractivity contribution in [2.45, 2.75) is 25.9 Å². The van der Waals surface area contributed by atoms with Crippen LogP contribution in [-0.4, -0.2) is 32.7 Å². The summed E-state index contributed by atoms with van der Waals surface area (Å²) >= 11 is 0. The van der Waals surface area contributed by atoms with Crippen molar-refractivity contribution in [3.63, 3.8) is 0 Å². The third-order valence-electron chi connectivity index (χ3n) is 4.09. The van der Waals surface area contributed by atoms with Gasteiger partial charge in [0.05, 0.1) is 11.8 Å². The number of carboxylic acid groups (broad SMARTS) is 1. The van der Waals surface area contributed by atoms with Crippen molar-refractivity contribution in [3.8, 4) is 5.75 Å². The van der Waals surface area contributed by atoms with Crippen LogP contribution in [0.2, 0.25) is 0 Å². The molecule has 1 aliphatic rings. The molecule has 0 bridgehead atoms. The lowest BCUT2D eigenvalue weighted by molar-refractivity contribution is -0.144. The lowest BCUT2D eigenvalue weighted by atomic mass is 9.90. The van der Waals surface area contributed by atoms with E-state index in [4.69, 9.17) is 9.84 Å². The first kappa shape index (κ1) is 16.0. The van der Waals surface area contributed by atoms with Gasteiger partial charge in [-0.05, 0) is 43.5 Å². The molecule has 0 saturated carbocycles. The summed E-state index contributed by atoms with van der Waals surface area (Å²) in [7, 11) is 1.84. The number of aliphatic carboxylic acids is 1. The Morgan fingerprint density at radius 3 is 2.96 bits per heavy atom. The Bertz CT molecular complexity index is 835. The minimum atomic E-state index is -1.02. The molecule has 0 saturated heterocycles. The maximum absolute atomic E-state index is 12.6.